The van der Waals surface area contributed by atoms with Crippen LogP contribution in [0.1, 0.15) is 16.9 Å². The number of hydrogen-bond acceptors (Lipinski definition) is 5. The van der Waals surface area contributed by atoms with Crippen molar-refractivity contribution in [2.45, 2.75) is 13.0 Å². The first-order valence-corrected chi connectivity index (χ1v) is 6.93. The van der Waals surface area contributed by atoms with Crippen LogP contribution in [-0.4, -0.2) is 43.4 Å². The number of nitrogens with zero attached hydrogens (tertiary/aromatic N) is 2. The average molecular weight is 278 g/mol. The molecule has 1 rings (SSSR count). The van der Waals surface area contributed by atoms with Crippen molar-refractivity contribution in [2.75, 3.05) is 33.4 Å². The summed E-state index contributed by atoms with van der Waals surface area (Å²) in [6, 6.07) is 4.19. The first-order chi connectivity index (χ1) is 9.30. The fraction of sp³-hybridized carbons (Fsp3) is 0.500. The van der Waals surface area contributed by atoms with Crippen LogP contribution in [0.2, 0.25) is 0 Å². The van der Waals surface area contributed by atoms with Gasteiger partial charge in [0.1, 0.15) is 6.61 Å². The van der Waals surface area contributed by atoms with Gasteiger partial charge < -0.3 is 9.84 Å². The summed E-state index contributed by atoms with van der Waals surface area (Å²) in [4.78, 5) is 3.40. The van der Waals surface area contributed by atoms with Gasteiger partial charge in [0.2, 0.25) is 0 Å². The molecule has 0 aliphatic rings. The van der Waals surface area contributed by atoms with Gasteiger partial charge in [-0.15, -0.1) is 11.3 Å². The molecule has 0 amide bonds. The second-order valence-electron chi connectivity index (χ2n) is 3.94. The maximum atomic E-state index is 8.66. The molecule has 0 bridgehead atoms. The third-order valence-corrected chi connectivity index (χ3v) is 3.42. The molecule has 5 heteroatoms. The van der Waals surface area contributed by atoms with Crippen LogP contribution in [0.4, 0.5) is 0 Å². The number of thiophene rings is 1. The van der Waals surface area contributed by atoms with E-state index in [1.165, 1.54) is 4.88 Å². The van der Waals surface area contributed by atoms with E-state index in [9.17, 15) is 0 Å². The van der Waals surface area contributed by atoms with Crippen molar-refractivity contribution in [3.8, 4) is 17.9 Å². The summed E-state index contributed by atoms with van der Waals surface area (Å²) in [6.45, 7) is 2.90. The molecule has 0 saturated heterocycles. The van der Waals surface area contributed by atoms with Gasteiger partial charge in [0, 0.05) is 49.0 Å². The number of methoxy groups -OCH3 is 1. The van der Waals surface area contributed by atoms with Gasteiger partial charge in [0.05, 0.1) is 12.7 Å². The Hall–Kier alpha value is -1.37. The smallest absolute Gasteiger partial charge is 0.104 e. The van der Waals surface area contributed by atoms with Crippen molar-refractivity contribution in [3.05, 3.63) is 21.9 Å². The molecule has 0 unspecified atom stereocenters. The zero-order chi connectivity index (χ0) is 13.9. The third-order valence-electron chi connectivity index (χ3n) is 2.50. The summed E-state index contributed by atoms with van der Waals surface area (Å²) in [7, 11) is 1.68. The van der Waals surface area contributed by atoms with Crippen LogP contribution in [0.5, 0.6) is 0 Å². The predicted molar refractivity (Wildman–Crippen MR) is 75.7 cm³/mol. The zero-order valence-electron chi connectivity index (χ0n) is 11.1. The highest BCUT2D eigenvalue weighted by atomic mass is 32.1. The summed E-state index contributed by atoms with van der Waals surface area (Å²) >= 11 is 1.65. The molecule has 0 radical (unpaired) electrons. The molecule has 19 heavy (non-hydrogen) atoms. The summed E-state index contributed by atoms with van der Waals surface area (Å²) in [5.74, 6) is 5.52. The standard InChI is InChI=1S/C14H18N2O2S/c1-18-9-7-16(6-3-5-15)11-14-10-13(12-19-14)4-2-8-17/h10,12,17H,3,6-9,11H2,1H3. The van der Waals surface area contributed by atoms with Gasteiger partial charge in [-0.25, -0.2) is 0 Å². The van der Waals surface area contributed by atoms with E-state index in [0.29, 0.717) is 13.0 Å². The first kappa shape index (κ1) is 15.7. The Kier molecular flexibility index (Phi) is 7.88. The van der Waals surface area contributed by atoms with Crippen molar-refractivity contribution in [1.29, 1.82) is 5.26 Å². The summed E-state index contributed by atoms with van der Waals surface area (Å²) in [5, 5.41) is 19.3. The van der Waals surface area contributed by atoms with E-state index < -0.39 is 0 Å². The van der Waals surface area contributed by atoms with Gasteiger partial charge in [-0.2, -0.15) is 5.26 Å². The van der Waals surface area contributed by atoms with Crippen LogP contribution in [-0.2, 0) is 11.3 Å². The Bertz CT molecular complexity index is 468. The van der Waals surface area contributed by atoms with E-state index in [1.807, 2.05) is 11.4 Å². The minimum absolute atomic E-state index is 0.118. The lowest BCUT2D eigenvalue weighted by Gasteiger charge is -2.19. The highest BCUT2D eigenvalue weighted by Crippen LogP contribution is 2.16. The number of aliphatic hydroxyl groups excluding tert-OH is 1. The van der Waals surface area contributed by atoms with Gasteiger partial charge in [0.25, 0.3) is 0 Å². The molecular formula is C14H18N2O2S. The van der Waals surface area contributed by atoms with E-state index in [0.717, 1.165) is 25.2 Å². The van der Waals surface area contributed by atoms with Crippen molar-refractivity contribution >= 4 is 11.3 Å². The van der Waals surface area contributed by atoms with Crippen molar-refractivity contribution in [2.24, 2.45) is 0 Å². The van der Waals surface area contributed by atoms with Crippen LogP contribution in [0.3, 0.4) is 0 Å². The summed E-state index contributed by atoms with van der Waals surface area (Å²) in [5.41, 5.74) is 0.932. The SMILES string of the molecule is COCCN(CCC#N)Cc1cc(C#CCO)cs1. The van der Waals surface area contributed by atoms with Gasteiger partial charge in [-0.05, 0) is 6.07 Å². The molecule has 0 aliphatic carbocycles. The lowest BCUT2D eigenvalue weighted by atomic mass is 10.3. The largest absolute Gasteiger partial charge is 0.384 e. The molecule has 0 saturated carbocycles. The van der Waals surface area contributed by atoms with E-state index >= 15 is 0 Å². The molecule has 1 N–H and O–H groups in total. The zero-order valence-corrected chi connectivity index (χ0v) is 11.9. The summed E-state index contributed by atoms with van der Waals surface area (Å²) in [6.07, 6.45) is 0.520. The highest BCUT2D eigenvalue weighted by molar-refractivity contribution is 7.10. The molecule has 0 fully saturated rings. The fourth-order valence-electron chi connectivity index (χ4n) is 1.59. The second-order valence-corrected chi connectivity index (χ2v) is 4.93. The Morgan fingerprint density at radius 2 is 2.32 bits per heavy atom. The molecule has 0 atom stereocenters. The van der Waals surface area contributed by atoms with Gasteiger partial charge >= 0.3 is 0 Å². The predicted octanol–water partition coefficient (Wildman–Crippen LogP) is 1.45. The maximum Gasteiger partial charge on any atom is 0.104 e. The molecule has 0 aliphatic heterocycles. The van der Waals surface area contributed by atoms with Gasteiger partial charge in [-0.1, -0.05) is 11.8 Å². The molecule has 1 heterocycles. The van der Waals surface area contributed by atoms with Crippen LogP contribution in [0.15, 0.2) is 11.4 Å². The number of hydrogen-bond donors (Lipinski definition) is 1. The van der Waals surface area contributed by atoms with Crippen LogP contribution < -0.4 is 0 Å². The molecule has 102 valence electrons. The van der Waals surface area contributed by atoms with E-state index in [2.05, 4.69) is 22.8 Å². The van der Waals surface area contributed by atoms with Gasteiger partial charge in [0.15, 0.2) is 0 Å². The fourth-order valence-corrected chi connectivity index (χ4v) is 2.45. The molecule has 0 spiro atoms. The Labute approximate surface area is 118 Å². The maximum absolute atomic E-state index is 8.66. The minimum Gasteiger partial charge on any atom is -0.384 e. The van der Waals surface area contributed by atoms with E-state index in [1.54, 1.807) is 18.4 Å². The lowest BCUT2D eigenvalue weighted by Crippen LogP contribution is -2.27. The average Bonchev–Trinajstić information content (AvgIpc) is 2.87. The molecule has 0 aromatic carbocycles. The van der Waals surface area contributed by atoms with Crippen molar-refractivity contribution in [1.82, 2.24) is 4.90 Å². The normalized spacial score (nSPS) is 10.0. The van der Waals surface area contributed by atoms with Crippen molar-refractivity contribution < 1.29 is 9.84 Å². The van der Waals surface area contributed by atoms with E-state index in [4.69, 9.17) is 15.1 Å². The molecule has 1 aromatic heterocycles. The van der Waals surface area contributed by atoms with Crippen molar-refractivity contribution in [3.63, 3.8) is 0 Å². The Balaban J connectivity index is 2.56. The molecular weight excluding hydrogens is 260 g/mol. The number of nitriles is 1. The number of aliphatic hydroxyl groups is 1. The highest BCUT2D eigenvalue weighted by Gasteiger charge is 2.07. The van der Waals surface area contributed by atoms with Gasteiger partial charge in [-0.3, -0.25) is 4.90 Å². The Morgan fingerprint density at radius 3 is 3.00 bits per heavy atom. The quantitative estimate of drug-likeness (QED) is 0.767. The molecule has 4 nitrogen and oxygen atoms in total. The summed E-state index contributed by atoms with van der Waals surface area (Å²) < 4.78 is 5.08. The monoisotopic (exact) mass is 278 g/mol. The Morgan fingerprint density at radius 1 is 1.47 bits per heavy atom. The number of rotatable bonds is 7. The minimum atomic E-state index is -0.118. The number of ether oxygens (including phenoxy) is 1. The van der Waals surface area contributed by atoms with Crippen LogP contribution in [0.25, 0.3) is 0 Å². The lowest BCUT2D eigenvalue weighted by molar-refractivity contribution is 0.146. The van der Waals surface area contributed by atoms with Crippen LogP contribution >= 0.6 is 11.3 Å². The van der Waals surface area contributed by atoms with E-state index in [-0.39, 0.29) is 6.61 Å². The second kappa shape index (κ2) is 9.55. The molecule has 1 aromatic rings. The topological polar surface area (TPSA) is 56.5 Å². The van der Waals surface area contributed by atoms with Crippen LogP contribution in [0, 0.1) is 23.2 Å². The third kappa shape index (κ3) is 6.37. The first-order valence-electron chi connectivity index (χ1n) is 6.05.